The van der Waals surface area contributed by atoms with Gasteiger partial charge in [0.2, 0.25) is 0 Å². The Kier molecular flexibility index (Phi) is 2.24. The van der Waals surface area contributed by atoms with Crippen molar-refractivity contribution in [2.75, 3.05) is 0 Å². The number of aryl methyl sites for hydroxylation is 1. The number of hydrogen-bond donors (Lipinski definition) is 0. The van der Waals surface area contributed by atoms with Gasteiger partial charge in [0, 0.05) is 10.9 Å². The van der Waals surface area contributed by atoms with Gasteiger partial charge in [0.15, 0.2) is 6.29 Å². The molecular weight excluding hydrogens is 202 g/mol. The topological polar surface area (TPSA) is 30.0 Å². The van der Waals surface area contributed by atoms with Gasteiger partial charge in [-0.05, 0) is 30.6 Å². The molecule has 0 aliphatic carbocycles. The third-order valence-electron chi connectivity index (χ3n) is 1.65. The van der Waals surface area contributed by atoms with Crippen LogP contribution in [0.5, 0.6) is 0 Å². The minimum Gasteiger partial charge on any atom is -0.297 e. The van der Waals surface area contributed by atoms with Crippen molar-refractivity contribution in [3.05, 3.63) is 28.1 Å². The van der Waals surface area contributed by atoms with Crippen molar-refractivity contribution in [3.63, 3.8) is 0 Å². The predicted molar refractivity (Wildman–Crippen MR) is 55.6 cm³/mol. The lowest BCUT2D eigenvalue weighted by atomic mass is 10.2. The van der Waals surface area contributed by atoms with Crippen LogP contribution in [0.3, 0.4) is 0 Å². The number of aldehydes is 1. The summed E-state index contributed by atoms with van der Waals surface area (Å²) in [7, 11) is 0. The Balaban J connectivity index is 2.40. The second kappa shape index (κ2) is 3.40. The summed E-state index contributed by atoms with van der Waals surface area (Å²) in [6.45, 7) is 1.97. The van der Waals surface area contributed by atoms with E-state index in [9.17, 15) is 4.79 Å². The SMILES string of the molecule is Cc1cc(-c2csc(C=O)c2)sn1. The summed E-state index contributed by atoms with van der Waals surface area (Å²) in [5.74, 6) is 0. The third-order valence-corrected chi connectivity index (χ3v) is 3.44. The van der Waals surface area contributed by atoms with E-state index in [-0.39, 0.29) is 0 Å². The van der Waals surface area contributed by atoms with Crippen molar-refractivity contribution in [2.45, 2.75) is 6.92 Å². The lowest BCUT2D eigenvalue weighted by Crippen LogP contribution is -1.66. The molecule has 0 spiro atoms. The molecule has 4 heteroatoms. The van der Waals surface area contributed by atoms with E-state index < -0.39 is 0 Å². The molecule has 2 nitrogen and oxygen atoms in total. The van der Waals surface area contributed by atoms with Gasteiger partial charge in [-0.3, -0.25) is 4.79 Å². The van der Waals surface area contributed by atoms with Gasteiger partial charge in [0.25, 0.3) is 0 Å². The molecule has 0 unspecified atom stereocenters. The van der Waals surface area contributed by atoms with Crippen LogP contribution in [-0.2, 0) is 0 Å². The van der Waals surface area contributed by atoms with Crippen molar-refractivity contribution in [2.24, 2.45) is 0 Å². The molecule has 13 heavy (non-hydrogen) atoms. The molecule has 0 bridgehead atoms. The zero-order chi connectivity index (χ0) is 9.26. The molecule has 0 aliphatic heterocycles. The van der Waals surface area contributed by atoms with Gasteiger partial charge in [-0.1, -0.05) is 0 Å². The molecule has 0 aromatic carbocycles. The molecule has 2 aromatic heterocycles. The van der Waals surface area contributed by atoms with E-state index in [1.165, 1.54) is 22.9 Å². The Morgan fingerprint density at radius 1 is 1.46 bits per heavy atom. The van der Waals surface area contributed by atoms with Crippen LogP contribution in [0.25, 0.3) is 10.4 Å². The van der Waals surface area contributed by atoms with Gasteiger partial charge < -0.3 is 0 Å². The fourth-order valence-corrected chi connectivity index (χ4v) is 2.57. The largest absolute Gasteiger partial charge is 0.297 e. The quantitative estimate of drug-likeness (QED) is 0.712. The molecular formula is C9H7NOS2. The molecule has 0 N–H and O–H groups in total. The van der Waals surface area contributed by atoms with Gasteiger partial charge in [0.1, 0.15) is 0 Å². The number of carbonyl (C=O) groups excluding carboxylic acids is 1. The molecule has 0 saturated carbocycles. The van der Waals surface area contributed by atoms with Crippen molar-refractivity contribution in [3.8, 4) is 10.4 Å². The van der Waals surface area contributed by atoms with Crippen LogP contribution in [0.15, 0.2) is 17.5 Å². The second-order valence-electron chi connectivity index (χ2n) is 2.69. The summed E-state index contributed by atoms with van der Waals surface area (Å²) >= 11 is 2.93. The molecule has 2 heterocycles. The lowest BCUT2D eigenvalue weighted by Gasteiger charge is -1.84. The zero-order valence-electron chi connectivity index (χ0n) is 6.98. The highest BCUT2D eigenvalue weighted by Gasteiger charge is 2.04. The average Bonchev–Trinajstić information content (AvgIpc) is 2.71. The summed E-state index contributed by atoms with van der Waals surface area (Å²) in [6.07, 6.45) is 0.877. The Hall–Kier alpha value is -1.00. The van der Waals surface area contributed by atoms with Crippen LogP contribution in [-0.4, -0.2) is 10.7 Å². The van der Waals surface area contributed by atoms with Crippen LogP contribution in [0.4, 0.5) is 0 Å². The van der Waals surface area contributed by atoms with Crippen molar-refractivity contribution >= 4 is 29.2 Å². The van der Waals surface area contributed by atoms with E-state index in [4.69, 9.17) is 0 Å². The van der Waals surface area contributed by atoms with E-state index in [0.29, 0.717) is 0 Å². The average molecular weight is 209 g/mol. The fourth-order valence-electron chi connectivity index (χ4n) is 1.04. The zero-order valence-corrected chi connectivity index (χ0v) is 8.61. The van der Waals surface area contributed by atoms with Crippen LogP contribution < -0.4 is 0 Å². The van der Waals surface area contributed by atoms with Crippen molar-refractivity contribution < 1.29 is 4.79 Å². The highest BCUT2D eigenvalue weighted by molar-refractivity contribution is 7.13. The first kappa shape index (κ1) is 8.59. The predicted octanol–water partition coefficient (Wildman–Crippen LogP) is 2.99. The van der Waals surface area contributed by atoms with Crippen LogP contribution in [0.1, 0.15) is 15.4 Å². The van der Waals surface area contributed by atoms with Gasteiger partial charge in [-0.2, -0.15) is 4.37 Å². The maximum atomic E-state index is 10.5. The first-order valence-corrected chi connectivity index (χ1v) is 5.42. The summed E-state index contributed by atoms with van der Waals surface area (Å²) < 4.78 is 4.19. The fraction of sp³-hybridized carbons (Fsp3) is 0.111. The molecule has 0 saturated heterocycles. The van der Waals surface area contributed by atoms with Gasteiger partial charge in [0.05, 0.1) is 15.4 Å². The first-order chi connectivity index (χ1) is 6.29. The summed E-state index contributed by atoms with van der Waals surface area (Å²) in [4.78, 5) is 12.3. The van der Waals surface area contributed by atoms with Crippen LogP contribution in [0, 0.1) is 6.92 Å². The van der Waals surface area contributed by atoms with E-state index >= 15 is 0 Å². The molecule has 66 valence electrons. The van der Waals surface area contributed by atoms with Crippen LogP contribution in [0.2, 0.25) is 0 Å². The smallest absolute Gasteiger partial charge is 0.160 e. The molecule has 0 fully saturated rings. The molecule has 0 aliphatic rings. The standard InChI is InChI=1S/C9H7NOS2/c1-6-2-9(13-10-6)7-3-8(4-11)12-5-7/h2-5H,1H3. The van der Waals surface area contributed by atoms with E-state index in [2.05, 4.69) is 4.37 Å². The van der Waals surface area contributed by atoms with Crippen LogP contribution >= 0.6 is 22.9 Å². The minimum atomic E-state index is 0.765. The Labute approximate surface area is 84.0 Å². The Bertz CT molecular complexity index is 430. The normalized spacial score (nSPS) is 10.2. The molecule has 0 atom stereocenters. The number of nitrogens with zero attached hydrogens (tertiary/aromatic N) is 1. The van der Waals surface area contributed by atoms with E-state index in [1.807, 2.05) is 24.4 Å². The maximum absolute atomic E-state index is 10.5. The van der Waals surface area contributed by atoms with Crippen molar-refractivity contribution in [1.29, 1.82) is 0 Å². The second-order valence-corrected chi connectivity index (χ2v) is 4.44. The monoisotopic (exact) mass is 209 g/mol. The summed E-state index contributed by atoms with van der Waals surface area (Å²) in [6, 6.07) is 3.92. The Morgan fingerprint density at radius 3 is 2.85 bits per heavy atom. The van der Waals surface area contributed by atoms with Gasteiger partial charge >= 0.3 is 0 Å². The number of hydrogen-bond acceptors (Lipinski definition) is 4. The molecule has 2 aromatic rings. The summed E-state index contributed by atoms with van der Waals surface area (Å²) in [5, 5.41) is 1.98. The number of thiophene rings is 1. The van der Waals surface area contributed by atoms with E-state index in [1.54, 1.807) is 0 Å². The maximum Gasteiger partial charge on any atom is 0.160 e. The molecule has 2 rings (SSSR count). The molecule has 0 amide bonds. The summed E-state index contributed by atoms with van der Waals surface area (Å²) in [5.41, 5.74) is 2.12. The van der Waals surface area contributed by atoms with Gasteiger partial charge in [-0.15, -0.1) is 11.3 Å². The van der Waals surface area contributed by atoms with Gasteiger partial charge in [-0.25, -0.2) is 0 Å². The highest BCUT2D eigenvalue weighted by Crippen LogP contribution is 2.28. The van der Waals surface area contributed by atoms with Crippen molar-refractivity contribution in [1.82, 2.24) is 4.37 Å². The minimum absolute atomic E-state index is 0.765. The first-order valence-electron chi connectivity index (χ1n) is 3.77. The Morgan fingerprint density at radius 2 is 2.31 bits per heavy atom. The highest BCUT2D eigenvalue weighted by atomic mass is 32.1. The molecule has 0 radical (unpaired) electrons. The number of carbonyl (C=O) groups is 1. The van der Waals surface area contributed by atoms with E-state index in [0.717, 1.165) is 27.3 Å². The lowest BCUT2D eigenvalue weighted by molar-refractivity contribution is 0.112. The third kappa shape index (κ3) is 1.68. The number of aromatic nitrogens is 1. The number of rotatable bonds is 2.